The molecule has 0 spiro atoms. The van der Waals surface area contributed by atoms with Gasteiger partial charge in [-0.1, -0.05) is 58.6 Å². The normalized spacial score (nSPS) is 24.3. The van der Waals surface area contributed by atoms with Gasteiger partial charge in [-0.25, -0.2) is 0 Å². The van der Waals surface area contributed by atoms with Crippen LogP contribution in [0.25, 0.3) is 0 Å². The Balaban J connectivity index is 2.42. The van der Waals surface area contributed by atoms with E-state index in [4.69, 9.17) is 9.53 Å². The van der Waals surface area contributed by atoms with Crippen molar-refractivity contribution in [3.63, 3.8) is 0 Å². The average molecular weight is 427 g/mol. The summed E-state index contributed by atoms with van der Waals surface area (Å²) < 4.78 is 5.74. The maximum atomic E-state index is 11.1. The van der Waals surface area contributed by atoms with Crippen molar-refractivity contribution in [2.45, 2.75) is 110 Å². The maximum Gasteiger partial charge on any atom is 0.306 e. The number of hydrogen-bond acceptors (Lipinski definition) is 3. The number of allylic oxidation sites excluding steroid dienone is 2. The standard InChI is InChI=1S/C24H46O4Si/c1-23(2,3)21(13-9-7-6-8-10-17-28-29(4)5)15-14-20-12-11-16-24(27,18-20)19-22(25)26/h14-15,20-21,27,29H,6-13,16-19H2,1-5H3,(H,25,26). The Bertz CT molecular complexity index is 498. The second-order valence-corrected chi connectivity index (χ2v) is 12.9. The van der Waals surface area contributed by atoms with E-state index in [-0.39, 0.29) is 11.8 Å². The molecule has 0 bridgehead atoms. The molecule has 0 amide bonds. The van der Waals surface area contributed by atoms with Crippen LogP contribution in [-0.4, -0.2) is 37.4 Å². The van der Waals surface area contributed by atoms with Gasteiger partial charge >= 0.3 is 5.97 Å². The van der Waals surface area contributed by atoms with Gasteiger partial charge in [0.15, 0.2) is 9.04 Å². The lowest BCUT2D eigenvalue weighted by molar-refractivity contribution is -0.144. The van der Waals surface area contributed by atoms with Crippen molar-refractivity contribution in [3.05, 3.63) is 12.2 Å². The van der Waals surface area contributed by atoms with Crippen LogP contribution < -0.4 is 0 Å². The third-order valence-corrected chi connectivity index (χ3v) is 7.08. The molecule has 0 aromatic carbocycles. The van der Waals surface area contributed by atoms with Crippen LogP contribution in [0.2, 0.25) is 13.1 Å². The summed E-state index contributed by atoms with van der Waals surface area (Å²) in [7, 11) is -0.857. The second kappa shape index (κ2) is 12.9. The third kappa shape index (κ3) is 11.9. The first-order valence-corrected chi connectivity index (χ1v) is 14.5. The van der Waals surface area contributed by atoms with Gasteiger partial charge in [-0.2, -0.15) is 0 Å². The summed E-state index contributed by atoms with van der Waals surface area (Å²) in [6, 6.07) is 0. The van der Waals surface area contributed by atoms with E-state index in [1.807, 2.05) is 0 Å². The predicted octanol–water partition coefficient (Wildman–Crippen LogP) is 5.94. The van der Waals surface area contributed by atoms with Crippen LogP contribution in [0.1, 0.15) is 91.4 Å². The molecule has 4 nitrogen and oxygen atoms in total. The van der Waals surface area contributed by atoms with E-state index in [1.54, 1.807) is 0 Å². The monoisotopic (exact) mass is 426 g/mol. The molecular weight excluding hydrogens is 380 g/mol. The van der Waals surface area contributed by atoms with Gasteiger partial charge in [-0.15, -0.1) is 0 Å². The highest BCUT2D eigenvalue weighted by atomic mass is 28.3. The van der Waals surface area contributed by atoms with E-state index in [9.17, 15) is 9.90 Å². The van der Waals surface area contributed by atoms with Gasteiger partial charge in [0.2, 0.25) is 0 Å². The van der Waals surface area contributed by atoms with Crippen molar-refractivity contribution in [2.24, 2.45) is 17.3 Å². The van der Waals surface area contributed by atoms with Crippen molar-refractivity contribution >= 4 is 15.0 Å². The van der Waals surface area contributed by atoms with Crippen molar-refractivity contribution in [3.8, 4) is 0 Å². The molecule has 1 saturated carbocycles. The van der Waals surface area contributed by atoms with Crippen LogP contribution in [0.4, 0.5) is 0 Å². The van der Waals surface area contributed by atoms with E-state index in [2.05, 4.69) is 46.0 Å². The third-order valence-electron chi connectivity index (χ3n) is 6.18. The topological polar surface area (TPSA) is 66.8 Å². The molecule has 1 rings (SSSR count). The van der Waals surface area contributed by atoms with Crippen LogP contribution >= 0.6 is 0 Å². The Morgan fingerprint density at radius 2 is 1.86 bits per heavy atom. The minimum atomic E-state index is -1.03. The second-order valence-electron chi connectivity index (χ2n) is 10.5. The van der Waals surface area contributed by atoms with Crippen molar-refractivity contribution in [1.29, 1.82) is 0 Å². The summed E-state index contributed by atoms with van der Waals surface area (Å²) in [5.74, 6) is -0.0859. The predicted molar refractivity (Wildman–Crippen MR) is 124 cm³/mol. The summed E-state index contributed by atoms with van der Waals surface area (Å²) >= 11 is 0. The molecule has 0 heterocycles. The number of rotatable bonds is 13. The Labute approximate surface area is 180 Å². The minimum absolute atomic E-state index is 0.134. The zero-order chi connectivity index (χ0) is 21.9. The van der Waals surface area contributed by atoms with Gasteiger partial charge in [-0.05, 0) is 68.9 Å². The molecule has 0 aromatic rings. The number of unbranched alkanes of at least 4 members (excludes halogenated alkanes) is 4. The average Bonchev–Trinajstić information content (AvgIpc) is 2.57. The smallest absolute Gasteiger partial charge is 0.306 e. The van der Waals surface area contributed by atoms with Crippen molar-refractivity contribution in [1.82, 2.24) is 0 Å². The fourth-order valence-corrected chi connectivity index (χ4v) is 5.05. The number of carboxylic acid groups (broad SMARTS) is 1. The van der Waals surface area contributed by atoms with Gasteiger partial charge in [0.1, 0.15) is 0 Å². The maximum absolute atomic E-state index is 11.1. The highest BCUT2D eigenvalue weighted by Crippen LogP contribution is 2.37. The Hall–Kier alpha value is -0.653. The molecule has 2 N–H and O–H groups in total. The van der Waals surface area contributed by atoms with E-state index in [1.165, 1.54) is 38.5 Å². The zero-order valence-corrected chi connectivity index (χ0v) is 20.7. The minimum Gasteiger partial charge on any atom is -0.481 e. The fourth-order valence-electron chi connectivity index (χ4n) is 4.42. The Morgan fingerprint density at radius 3 is 2.48 bits per heavy atom. The number of carbonyl (C=O) groups is 1. The number of aliphatic carboxylic acids is 1. The highest BCUT2D eigenvalue weighted by Gasteiger charge is 2.35. The van der Waals surface area contributed by atoms with Gasteiger partial charge in [0.25, 0.3) is 0 Å². The molecule has 0 saturated heterocycles. The zero-order valence-electron chi connectivity index (χ0n) is 19.6. The van der Waals surface area contributed by atoms with Crippen molar-refractivity contribution < 1.29 is 19.4 Å². The summed E-state index contributed by atoms with van der Waals surface area (Å²) in [6.45, 7) is 12.3. The van der Waals surface area contributed by atoms with E-state index in [0.717, 1.165) is 19.4 Å². The van der Waals surface area contributed by atoms with Crippen LogP contribution in [0.15, 0.2) is 12.2 Å². The fraction of sp³-hybridized carbons (Fsp3) is 0.875. The lowest BCUT2D eigenvalue weighted by atomic mass is 9.74. The Kier molecular flexibility index (Phi) is 11.7. The SMILES string of the molecule is C[SiH](C)OCCCCCCCC(C=CC1CCCC(O)(CC(=O)O)C1)C(C)(C)C. The first-order chi connectivity index (χ1) is 13.5. The molecule has 0 aliphatic heterocycles. The molecule has 0 aromatic heterocycles. The lowest BCUT2D eigenvalue weighted by Crippen LogP contribution is -2.37. The van der Waals surface area contributed by atoms with Crippen LogP contribution in [0, 0.1) is 17.3 Å². The molecule has 170 valence electrons. The quantitative estimate of drug-likeness (QED) is 0.217. The molecule has 1 aliphatic carbocycles. The van der Waals surface area contributed by atoms with Gasteiger partial charge in [0.05, 0.1) is 12.0 Å². The number of carboxylic acids is 1. The molecular formula is C24H46O4Si. The van der Waals surface area contributed by atoms with E-state index >= 15 is 0 Å². The van der Waals surface area contributed by atoms with Gasteiger partial charge in [-0.3, -0.25) is 4.79 Å². The summed E-state index contributed by atoms with van der Waals surface area (Å²) in [5, 5.41) is 19.7. The highest BCUT2D eigenvalue weighted by molar-refractivity contribution is 6.48. The first kappa shape index (κ1) is 26.4. The van der Waals surface area contributed by atoms with Crippen LogP contribution in [0.5, 0.6) is 0 Å². The summed E-state index contributed by atoms with van der Waals surface area (Å²) in [6.07, 6.45) is 15.1. The van der Waals surface area contributed by atoms with Crippen LogP contribution in [0.3, 0.4) is 0 Å². The lowest BCUT2D eigenvalue weighted by Gasteiger charge is -2.35. The first-order valence-electron chi connectivity index (χ1n) is 11.8. The Morgan fingerprint density at radius 1 is 1.21 bits per heavy atom. The van der Waals surface area contributed by atoms with E-state index < -0.39 is 20.6 Å². The molecule has 1 fully saturated rings. The van der Waals surface area contributed by atoms with Crippen molar-refractivity contribution in [2.75, 3.05) is 6.61 Å². The van der Waals surface area contributed by atoms with E-state index in [0.29, 0.717) is 24.7 Å². The molecule has 1 aliphatic rings. The summed E-state index contributed by atoms with van der Waals surface area (Å²) in [5.41, 5.74) is -0.809. The van der Waals surface area contributed by atoms with Crippen LogP contribution in [-0.2, 0) is 9.22 Å². The number of aliphatic hydroxyl groups is 1. The molecule has 3 atom stereocenters. The van der Waals surface area contributed by atoms with Gasteiger partial charge in [0, 0.05) is 6.61 Å². The molecule has 29 heavy (non-hydrogen) atoms. The summed E-state index contributed by atoms with van der Waals surface area (Å²) in [4.78, 5) is 11.1. The molecule has 0 radical (unpaired) electrons. The molecule has 3 unspecified atom stereocenters. The largest absolute Gasteiger partial charge is 0.481 e. The van der Waals surface area contributed by atoms with Gasteiger partial charge < -0.3 is 14.6 Å². The number of hydrogen-bond donors (Lipinski definition) is 2. The molecule has 5 heteroatoms.